The van der Waals surface area contributed by atoms with Crippen LogP contribution >= 0.6 is 11.9 Å². The second kappa shape index (κ2) is 12.6. The quantitative estimate of drug-likeness (QED) is 0.152. The van der Waals surface area contributed by atoms with Gasteiger partial charge in [0.25, 0.3) is 5.91 Å². The minimum Gasteiger partial charge on any atom is -0.496 e. The molecule has 6 N–H and O–H groups in total. The van der Waals surface area contributed by atoms with Crippen LogP contribution in [0.2, 0.25) is 0 Å². The fourth-order valence-corrected chi connectivity index (χ4v) is 4.22. The first-order valence-electron chi connectivity index (χ1n) is 11.2. The molecule has 1 aliphatic heterocycles. The number of nitrogens with two attached hydrogens (primary N) is 2. The van der Waals surface area contributed by atoms with Gasteiger partial charge in [-0.15, -0.1) is 0 Å². The number of hydrogen-bond donors (Lipinski definition) is 4. The van der Waals surface area contributed by atoms with E-state index in [1.54, 1.807) is 44.2 Å². The summed E-state index contributed by atoms with van der Waals surface area (Å²) in [5.41, 5.74) is 1.90. The van der Waals surface area contributed by atoms with Crippen LogP contribution in [-0.2, 0) is 6.54 Å². The molecule has 3 rings (SSSR count). The van der Waals surface area contributed by atoms with E-state index in [0.29, 0.717) is 28.9 Å². The highest BCUT2D eigenvalue weighted by Crippen LogP contribution is 2.40. The molecule has 0 spiro atoms. The summed E-state index contributed by atoms with van der Waals surface area (Å²) in [6.07, 6.45) is 0. The van der Waals surface area contributed by atoms with Crippen molar-refractivity contribution in [2.24, 2.45) is 16.8 Å². The number of aliphatic hydroxyl groups is 1. The SMILES string of the molecule is CC.COc1cc2c(cc1C(=O)Nc1cccc(/C(=N/N)N(N)C(C)CO)n1)SN(C(C)C)C2. The first kappa shape index (κ1) is 27.4. The van der Waals surface area contributed by atoms with E-state index < -0.39 is 6.04 Å². The third-order valence-electron chi connectivity index (χ3n) is 5.07. The summed E-state index contributed by atoms with van der Waals surface area (Å²) in [5, 5.41) is 17.1. The van der Waals surface area contributed by atoms with Gasteiger partial charge in [-0.3, -0.25) is 9.80 Å². The van der Waals surface area contributed by atoms with Gasteiger partial charge in [0, 0.05) is 17.5 Å². The first-order valence-corrected chi connectivity index (χ1v) is 11.9. The molecule has 0 bridgehead atoms. The number of nitrogens with one attached hydrogen (secondary N) is 1. The number of methoxy groups -OCH3 is 1. The van der Waals surface area contributed by atoms with Crippen LogP contribution in [0.3, 0.4) is 0 Å². The van der Waals surface area contributed by atoms with Crippen molar-refractivity contribution in [2.45, 2.75) is 58.1 Å². The Morgan fingerprint density at radius 1 is 1.35 bits per heavy atom. The molecular weight excluding hydrogens is 454 g/mol. The van der Waals surface area contributed by atoms with Gasteiger partial charge in [-0.05, 0) is 62.5 Å². The van der Waals surface area contributed by atoms with E-state index in [1.807, 2.05) is 26.0 Å². The zero-order chi connectivity index (χ0) is 25.4. The van der Waals surface area contributed by atoms with Gasteiger partial charge in [-0.2, -0.15) is 5.10 Å². The van der Waals surface area contributed by atoms with Crippen molar-refractivity contribution in [1.29, 1.82) is 0 Å². The third kappa shape index (κ3) is 6.17. The van der Waals surface area contributed by atoms with Crippen molar-refractivity contribution >= 4 is 29.5 Å². The van der Waals surface area contributed by atoms with E-state index in [0.717, 1.165) is 17.0 Å². The lowest BCUT2D eigenvalue weighted by atomic mass is 10.1. The predicted molar refractivity (Wildman–Crippen MR) is 136 cm³/mol. The number of hydrogen-bond acceptors (Lipinski definition) is 9. The van der Waals surface area contributed by atoms with Crippen LogP contribution in [0.1, 0.15) is 56.2 Å². The number of nitrogens with zero attached hydrogens (tertiary/aromatic N) is 4. The van der Waals surface area contributed by atoms with Gasteiger partial charge in [0.2, 0.25) is 0 Å². The second-order valence-electron chi connectivity index (χ2n) is 7.67. The average molecular weight is 490 g/mol. The summed E-state index contributed by atoms with van der Waals surface area (Å²) in [7, 11) is 1.54. The van der Waals surface area contributed by atoms with Crippen molar-refractivity contribution in [3.05, 3.63) is 47.2 Å². The van der Waals surface area contributed by atoms with Crippen LogP contribution in [0, 0.1) is 0 Å². The molecule has 34 heavy (non-hydrogen) atoms. The van der Waals surface area contributed by atoms with E-state index in [2.05, 4.69) is 33.6 Å². The van der Waals surface area contributed by atoms with Crippen molar-refractivity contribution < 1.29 is 14.6 Å². The molecule has 1 unspecified atom stereocenters. The average Bonchev–Trinajstić information content (AvgIpc) is 3.28. The topological polar surface area (TPSA) is 142 Å². The zero-order valence-corrected chi connectivity index (χ0v) is 21.4. The summed E-state index contributed by atoms with van der Waals surface area (Å²) < 4.78 is 7.73. The van der Waals surface area contributed by atoms with E-state index >= 15 is 0 Å². The fourth-order valence-electron chi connectivity index (χ4n) is 3.15. The number of carbonyl (C=O) groups is 1. The number of hydrazine groups is 1. The fraction of sp³-hybridized carbons (Fsp3) is 0.435. The van der Waals surface area contributed by atoms with Crippen LogP contribution in [0.5, 0.6) is 5.75 Å². The lowest BCUT2D eigenvalue weighted by Crippen LogP contribution is -2.47. The number of amides is 1. The number of aromatic nitrogens is 1. The highest BCUT2D eigenvalue weighted by atomic mass is 32.2. The van der Waals surface area contributed by atoms with Gasteiger partial charge in [-0.25, -0.2) is 15.1 Å². The largest absolute Gasteiger partial charge is 0.496 e. The second-order valence-corrected chi connectivity index (χ2v) is 8.77. The van der Waals surface area contributed by atoms with Gasteiger partial charge in [-0.1, -0.05) is 19.9 Å². The van der Waals surface area contributed by atoms with Crippen molar-refractivity contribution in [3.8, 4) is 5.75 Å². The maximum Gasteiger partial charge on any atom is 0.260 e. The molecule has 1 aromatic carbocycles. The summed E-state index contributed by atoms with van der Waals surface area (Å²) >= 11 is 1.63. The van der Waals surface area contributed by atoms with Crippen molar-refractivity contribution in [1.82, 2.24) is 14.3 Å². The summed E-state index contributed by atoms with van der Waals surface area (Å²) in [6.45, 7) is 10.6. The molecule has 2 aromatic rings. The van der Waals surface area contributed by atoms with Crippen LogP contribution in [0.4, 0.5) is 5.82 Å². The number of ether oxygens (including phenoxy) is 1. The molecular formula is C23H35N7O3S. The Morgan fingerprint density at radius 3 is 2.65 bits per heavy atom. The Hall–Kier alpha value is -2.86. The monoisotopic (exact) mass is 489 g/mol. The van der Waals surface area contributed by atoms with Gasteiger partial charge in [0.1, 0.15) is 17.3 Å². The van der Waals surface area contributed by atoms with Crippen molar-refractivity contribution in [3.63, 3.8) is 0 Å². The molecule has 1 amide bonds. The predicted octanol–water partition coefficient (Wildman–Crippen LogP) is 2.78. The van der Waals surface area contributed by atoms with E-state index in [1.165, 1.54) is 5.01 Å². The summed E-state index contributed by atoms with van der Waals surface area (Å²) in [5.74, 6) is 12.1. The first-order chi connectivity index (χ1) is 16.3. The van der Waals surface area contributed by atoms with E-state index in [-0.39, 0.29) is 18.3 Å². The van der Waals surface area contributed by atoms with Crippen LogP contribution in [0.15, 0.2) is 40.3 Å². The minimum absolute atomic E-state index is 0.183. The molecule has 0 aliphatic carbocycles. The van der Waals surface area contributed by atoms with Crippen LogP contribution in [-0.4, -0.2) is 56.9 Å². The molecule has 1 atom stereocenters. The Bertz CT molecular complexity index is 1020. The molecule has 1 aromatic heterocycles. The number of carbonyl (C=O) groups excluding carboxylic acids is 1. The molecule has 1 aliphatic rings. The lowest BCUT2D eigenvalue weighted by molar-refractivity contribution is 0.102. The maximum absolute atomic E-state index is 13.1. The zero-order valence-electron chi connectivity index (χ0n) is 20.6. The Balaban J connectivity index is 0.00000199. The normalized spacial score (nSPS) is 14.2. The lowest BCUT2D eigenvalue weighted by Gasteiger charge is -2.25. The number of rotatable bonds is 7. The smallest absolute Gasteiger partial charge is 0.260 e. The number of hydrazone groups is 1. The number of pyridine rings is 1. The van der Waals surface area contributed by atoms with E-state index in [4.69, 9.17) is 16.4 Å². The highest BCUT2D eigenvalue weighted by molar-refractivity contribution is 7.97. The molecule has 11 heteroatoms. The minimum atomic E-state index is -0.420. The van der Waals surface area contributed by atoms with Crippen molar-refractivity contribution in [2.75, 3.05) is 19.0 Å². The number of anilines is 1. The Morgan fingerprint density at radius 2 is 2.06 bits per heavy atom. The number of aliphatic hydroxyl groups excluding tert-OH is 1. The molecule has 2 heterocycles. The number of amidine groups is 1. The van der Waals surface area contributed by atoms with E-state index in [9.17, 15) is 9.90 Å². The maximum atomic E-state index is 13.1. The summed E-state index contributed by atoms with van der Waals surface area (Å²) in [6, 6.07) is 8.73. The molecule has 0 fully saturated rings. The summed E-state index contributed by atoms with van der Waals surface area (Å²) in [4.78, 5) is 18.5. The molecule has 10 nitrogen and oxygen atoms in total. The molecule has 0 saturated carbocycles. The van der Waals surface area contributed by atoms with Crippen LogP contribution in [0.25, 0.3) is 0 Å². The molecule has 0 saturated heterocycles. The Kier molecular flexibility index (Phi) is 10.1. The highest BCUT2D eigenvalue weighted by Gasteiger charge is 2.26. The number of fused-ring (bicyclic) bond motifs is 1. The van der Waals surface area contributed by atoms with Gasteiger partial charge >= 0.3 is 0 Å². The van der Waals surface area contributed by atoms with Gasteiger partial charge in [0.15, 0.2) is 5.84 Å². The van der Waals surface area contributed by atoms with Gasteiger partial charge in [0.05, 0.1) is 25.3 Å². The number of benzene rings is 1. The third-order valence-corrected chi connectivity index (χ3v) is 6.43. The van der Waals surface area contributed by atoms with Gasteiger partial charge < -0.3 is 21.0 Å². The molecule has 0 radical (unpaired) electrons. The molecule has 186 valence electrons. The Labute approximate surface area is 205 Å². The van der Waals surface area contributed by atoms with Crippen LogP contribution < -0.4 is 21.7 Å². The standard InChI is InChI=1S/C21H29N7O3S.C2H6/c1-12(2)27-10-14-8-17(31-4)15(9-18(14)32-27)21(30)25-19-7-5-6-16(24-19)20(26-22)28(23)13(3)11-29;1-2/h5-9,12-13,29H,10-11,22-23H2,1-4H3,(H,24,25,30);1-2H3/b26-20-;.